The van der Waals surface area contributed by atoms with E-state index in [1.807, 2.05) is 6.07 Å². The fraction of sp³-hybridized carbons (Fsp3) is 0.647. The number of nitrogens with zero attached hydrogens (tertiary/aromatic N) is 2. The summed E-state index contributed by atoms with van der Waals surface area (Å²) in [4.78, 5) is 17.0. The normalized spacial score (nSPS) is 27.2. The van der Waals surface area contributed by atoms with Crippen molar-refractivity contribution in [1.29, 1.82) is 0 Å². The molecule has 130 valence electrons. The van der Waals surface area contributed by atoms with Gasteiger partial charge in [0.1, 0.15) is 0 Å². The molecule has 6 nitrogen and oxygen atoms in total. The highest BCUT2D eigenvalue weighted by Crippen LogP contribution is 2.42. The van der Waals surface area contributed by atoms with E-state index in [1.165, 1.54) is 16.1 Å². The van der Waals surface area contributed by atoms with Gasteiger partial charge in [-0.1, -0.05) is 0 Å². The smallest absolute Gasteiger partial charge is 0.253 e. The fourth-order valence-corrected chi connectivity index (χ4v) is 4.89. The van der Waals surface area contributed by atoms with Crippen molar-refractivity contribution >= 4 is 15.9 Å². The molecule has 3 aliphatic rings. The van der Waals surface area contributed by atoms with Gasteiger partial charge >= 0.3 is 0 Å². The first-order chi connectivity index (χ1) is 11.4. The van der Waals surface area contributed by atoms with Crippen LogP contribution in [0.3, 0.4) is 0 Å². The predicted molar refractivity (Wildman–Crippen MR) is 90.1 cm³/mol. The molecular weight excluding hydrogens is 326 g/mol. The first kappa shape index (κ1) is 16.0. The molecule has 0 aromatic carbocycles. The van der Waals surface area contributed by atoms with E-state index in [4.69, 9.17) is 0 Å². The van der Waals surface area contributed by atoms with Crippen molar-refractivity contribution in [3.63, 3.8) is 0 Å². The summed E-state index contributed by atoms with van der Waals surface area (Å²) in [6.07, 6.45) is 8.24. The van der Waals surface area contributed by atoms with Crippen LogP contribution in [0, 0.1) is 11.8 Å². The maximum Gasteiger partial charge on any atom is 0.253 e. The molecule has 0 unspecified atom stereocenters. The molecular formula is C17H23N3O3S. The van der Waals surface area contributed by atoms with E-state index < -0.39 is 10.0 Å². The highest BCUT2D eigenvalue weighted by molar-refractivity contribution is 7.88. The molecule has 1 aromatic rings. The summed E-state index contributed by atoms with van der Waals surface area (Å²) in [6, 6.07) is 1.84. The standard InChI is InChI=1S/C17H23N3O3S/c1-24(22,23)20-9-14(11-5-6-11)16(10-20)19-17(21)13-7-12-3-2-4-15(12)18-8-13/h7-8,11,14,16H,2-6,9-10H2,1H3,(H,19,21)/t14-,16+/m0/s1. The van der Waals surface area contributed by atoms with Gasteiger partial charge < -0.3 is 5.32 Å². The Labute approximate surface area is 142 Å². The van der Waals surface area contributed by atoms with Crippen molar-refractivity contribution in [2.45, 2.75) is 38.1 Å². The van der Waals surface area contributed by atoms with E-state index in [-0.39, 0.29) is 17.9 Å². The van der Waals surface area contributed by atoms with Crippen LogP contribution in [-0.4, -0.2) is 49.0 Å². The summed E-state index contributed by atoms with van der Waals surface area (Å²) in [6.45, 7) is 0.904. The quantitative estimate of drug-likeness (QED) is 0.878. The van der Waals surface area contributed by atoms with Crippen molar-refractivity contribution in [1.82, 2.24) is 14.6 Å². The molecule has 1 saturated carbocycles. The van der Waals surface area contributed by atoms with Crippen LogP contribution in [0.4, 0.5) is 0 Å². The molecule has 1 aromatic heterocycles. The second-order valence-electron chi connectivity index (χ2n) is 7.34. The maximum absolute atomic E-state index is 12.6. The summed E-state index contributed by atoms with van der Waals surface area (Å²) >= 11 is 0. The van der Waals surface area contributed by atoms with Crippen LogP contribution >= 0.6 is 0 Å². The zero-order valence-corrected chi connectivity index (χ0v) is 14.7. The van der Waals surface area contributed by atoms with Crippen LogP contribution in [-0.2, 0) is 22.9 Å². The molecule has 0 bridgehead atoms. The van der Waals surface area contributed by atoms with E-state index >= 15 is 0 Å². The van der Waals surface area contributed by atoms with Gasteiger partial charge in [-0.3, -0.25) is 9.78 Å². The molecule has 2 heterocycles. The SMILES string of the molecule is CS(=O)(=O)N1C[C@@H](NC(=O)c2cnc3c(c2)CCC3)[C@H](C2CC2)C1. The Balaban J connectivity index is 1.50. The summed E-state index contributed by atoms with van der Waals surface area (Å²) < 4.78 is 25.2. The van der Waals surface area contributed by atoms with Crippen molar-refractivity contribution in [3.05, 3.63) is 29.1 Å². The average molecular weight is 349 g/mol. The van der Waals surface area contributed by atoms with Crippen LogP contribution in [0.15, 0.2) is 12.3 Å². The maximum atomic E-state index is 12.6. The predicted octanol–water partition coefficient (Wildman–Crippen LogP) is 0.970. The van der Waals surface area contributed by atoms with Gasteiger partial charge in [-0.05, 0) is 55.6 Å². The van der Waals surface area contributed by atoms with Crippen LogP contribution in [0.5, 0.6) is 0 Å². The Bertz CT molecular complexity index is 773. The number of amides is 1. The molecule has 2 fully saturated rings. The highest BCUT2D eigenvalue weighted by Gasteiger charge is 2.45. The molecule has 1 saturated heterocycles. The van der Waals surface area contributed by atoms with Crippen LogP contribution in [0.2, 0.25) is 0 Å². The molecule has 4 rings (SSSR count). The number of rotatable bonds is 4. The van der Waals surface area contributed by atoms with Crippen molar-refractivity contribution < 1.29 is 13.2 Å². The molecule has 1 amide bonds. The molecule has 1 aliphatic heterocycles. The first-order valence-electron chi connectivity index (χ1n) is 8.65. The van der Waals surface area contributed by atoms with Gasteiger partial charge in [0.25, 0.3) is 5.91 Å². The number of nitrogens with one attached hydrogen (secondary N) is 1. The number of aryl methyl sites for hydroxylation is 2. The molecule has 0 spiro atoms. The van der Waals surface area contributed by atoms with E-state index in [2.05, 4.69) is 10.3 Å². The number of pyridine rings is 1. The van der Waals surface area contributed by atoms with Crippen LogP contribution in [0.25, 0.3) is 0 Å². The van der Waals surface area contributed by atoms with E-state index in [1.54, 1.807) is 6.20 Å². The largest absolute Gasteiger partial charge is 0.348 e. The lowest BCUT2D eigenvalue weighted by atomic mass is 9.98. The fourth-order valence-electron chi connectivity index (χ4n) is 4.02. The van der Waals surface area contributed by atoms with Gasteiger partial charge in [-0.25, -0.2) is 8.42 Å². The molecule has 24 heavy (non-hydrogen) atoms. The number of sulfonamides is 1. The second-order valence-corrected chi connectivity index (χ2v) is 9.33. The number of fused-ring (bicyclic) bond motifs is 1. The number of hydrogen-bond acceptors (Lipinski definition) is 4. The summed E-state index contributed by atoms with van der Waals surface area (Å²) in [5.41, 5.74) is 2.86. The minimum Gasteiger partial charge on any atom is -0.348 e. The second kappa shape index (κ2) is 5.81. The van der Waals surface area contributed by atoms with Crippen LogP contribution < -0.4 is 5.32 Å². The van der Waals surface area contributed by atoms with Crippen molar-refractivity contribution in [3.8, 4) is 0 Å². The average Bonchev–Trinajstić information content (AvgIpc) is 3.09. The third kappa shape index (κ3) is 3.07. The monoisotopic (exact) mass is 349 g/mol. The zero-order chi connectivity index (χ0) is 16.9. The van der Waals surface area contributed by atoms with Gasteiger partial charge in [0, 0.05) is 31.0 Å². The third-order valence-electron chi connectivity index (χ3n) is 5.53. The molecule has 2 aliphatic carbocycles. The molecule has 2 atom stereocenters. The van der Waals surface area contributed by atoms with E-state index in [0.29, 0.717) is 24.6 Å². The molecule has 7 heteroatoms. The lowest BCUT2D eigenvalue weighted by molar-refractivity contribution is 0.0928. The first-order valence-corrected chi connectivity index (χ1v) is 10.5. The Morgan fingerprint density at radius 3 is 2.79 bits per heavy atom. The van der Waals surface area contributed by atoms with Gasteiger partial charge in [0.2, 0.25) is 10.0 Å². The topological polar surface area (TPSA) is 79.4 Å². The van der Waals surface area contributed by atoms with Crippen molar-refractivity contribution in [2.75, 3.05) is 19.3 Å². The summed E-state index contributed by atoms with van der Waals surface area (Å²) in [5, 5.41) is 3.07. The van der Waals surface area contributed by atoms with E-state index in [9.17, 15) is 13.2 Å². The summed E-state index contributed by atoms with van der Waals surface area (Å²) in [7, 11) is -3.21. The van der Waals surface area contributed by atoms with E-state index in [0.717, 1.165) is 37.8 Å². The van der Waals surface area contributed by atoms with Gasteiger partial charge in [-0.2, -0.15) is 4.31 Å². The Kier molecular flexibility index (Phi) is 3.88. The minimum atomic E-state index is -3.21. The number of aromatic nitrogens is 1. The minimum absolute atomic E-state index is 0.104. The zero-order valence-electron chi connectivity index (χ0n) is 13.9. The van der Waals surface area contributed by atoms with Crippen molar-refractivity contribution in [2.24, 2.45) is 11.8 Å². The number of carbonyl (C=O) groups excluding carboxylic acids is 1. The van der Waals surface area contributed by atoms with Gasteiger partial charge in [0.05, 0.1) is 11.8 Å². The van der Waals surface area contributed by atoms with Gasteiger partial charge in [0.15, 0.2) is 0 Å². The Hall–Kier alpha value is -1.47. The Morgan fingerprint density at radius 1 is 1.29 bits per heavy atom. The summed E-state index contributed by atoms with van der Waals surface area (Å²) in [5.74, 6) is 0.634. The molecule has 1 N–H and O–H groups in total. The molecule has 0 radical (unpaired) electrons. The highest BCUT2D eigenvalue weighted by atomic mass is 32.2. The third-order valence-corrected chi connectivity index (χ3v) is 6.76. The van der Waals surface area contributed by atoms with Gasteiger partial charge in [-0.15, -0.1) is 0 Å². The number of carbonyl (C=O) groups is 1. The number of hydrogen-bond donors (Lipinski definition) is 1. The lowest BCUT2D eigenvalue weighted by Gasteiger charge is -2.19. The lowest BCUT2D eigenvalue weighted by Crippen LogP contribution is -2.41. The Morgan fingerprint density at radius 2 is 2.08 bits per heavy atom. The van der Waals surface area contributed by atoms with Crippen LogP contribution in [0.1, 0.15) is 40.9 Å².